The van der Waals surface area contributed by atoms with Crippen LogP contribution in [-0.2, 0) is 16.6 Å². The number of benzene rings is 3. The van der Waals surface area contributed by atoms with Crippen LogP contribution in [0.1, 0.15) is 24.5 Å². The lowest BCUT2D eigenvalue weighted by molar-refractivity contribution is -0.144. The lowest BCUT2D eigenvalue weighted by Gasteiger charge is -2.29. The second kappa shape index (κ2) is 9.47. The predicted molar refractivity (Wildman–Crippen MR) is 115 cm³/mol. The van der Waals surface area contributed by atoms with Crippen molar-refractivity contribution in [1.82, 2.24) is 0 Å². The van der Waals surface area contributed by atoms with E-state index < -0.39 is 16.9 Å². The summed E-state index contributed by atoms with van der Waals surface area (Å²) in [5, 5.41) is 10.1. The molecule has 0 spiro atoms. The van der Waals surface area contributed by atoms with Crippen molar-refractivity contribution in [2.24, 2.45) is 0 Å². The standard InChI is InChI=1S/C24H21F3O3S/c1-2-23(22(28)29,18-11-13-21(14-12-18)31-24(25,26)27)16-17-7-6-10-20(15-17)30-19-8-4-3-5-9-19/h3-15H,2,16H2,1H3,(H,28,29). The smallest absolute Gasteiger partial charge is 0.446 e. The second-order valence-corrected chi connectivity index (χ2v) is 8.19. The Morgan fingerprint density at radius 1 is 0.935 bits per heavy atom. The molecule has 0 radical (unpaired) electrons. The number of carboxylic acid groups (broad SMARTS) is 1. The van der Waals surface area contributed by atoms with Crippen LogP contribution in [0, 0.1) is 0 Å². The molecule has 0 saturated heterocycles. The third kappa shape index (κ3) is 5.82. The Bertz CT molecular complexity index is 1020. The van der Waals surface area contributed by atoms with Crippen molar-refractivity contribution in [3.8, 4) is 11.5 Å². The van der Waals surface area contributed by atoms with Crippen LogP contribution in [0.15, 0.2) is 83.8 Å². The zero-order valence-corrected chi connectivity index (χ0v) is 17.5. The van der Waals surface area contributed by atoms with Crippen LogP contribution >= 0.6 is 11.8 Å². The van der Waals surface area contributed by atoms with Crippen LogP contribution in [0.3, 0.4) is 0 Å². The SMILES string of the molecule is CCC(Cc1cccc(Oc2ccccc2)c1)(C(=O)O)c1ccc(SC(F)(F)F)cc1. The molecule has 0 amide bonds. The quantitative estimate of drug-likeness (QED) is 0.376. The topological polar surface area (TPSA) is 46.5 Å². The fourth-order valence-electron chi connectivity index (χ4n) is 3.45. The van der Waals surface area contributed by atoms with Crippen molar-refractivity contribution >= 4 is 17.7 Å². The van der Waals surface area contributed by atoms with E-state index in [0.717, 1.165) is 5.56 Å². The van der Waals surface area contributed by atoms with Crippen molar-refractivity contribution in [2.75, 3.05) is 0 Å². The number of halogens is 3. The number of ether oxygens (including phenoxy) is 1. The summed E-state index contributed by atoms with van der Waals surface area (Å²) in [5.74, 6) is 0.217. The summed E-state index contributed by atoms with van der Waals surface area (Å²) in [6.45, 7) is 1.76. The molecule has 0 bridgehead atoms. The van der Waals surface area contributed by atoms with Gasteiger partial charge in [-0.25, -0.2) is 0 Å². The predicted octanol–water partition coefficient (Wildman–Crippen LogP) is 7.07. The zero-order chi connectivity index (χ0) is 22.5. The highest BCUT2D eigenvalue weighted by Gasteiger charge is 2.39. The van der Waals surface area contributed by atoms with E-state index >= 15 is 0 Å². The van der Waals surface area contributed by atoms with Crippen LogP contribution in [-0.4, -0.2) is 16.6 Å². The molecule has 0 fully saturated rings. The average molecular weight is 446 g/mol. The Labute approximate surface area is 182 Å². The monoisotopic (exact) mass is 446 g/mol. The number of carbonyl (C=O) groups is 1. The largest absolute Gasteiger partial charge is 0.481 e. The molecule has 0 aromatic heterocycles. The molecule has 0 aliphatic rings. The third-order valence-corrected chi connectivity index (χ3v) is 5.78. The molecule has 7 heteroatoms. The first kappa shape index (κ1) is 22.7. The Kier molecular flexibility index (Phi) is 6.95. The molecule has 1 unspecified atom stereocenters. The van der Waals surface area contributed by atoms with Crippen LogP contribution < -0.4 is 4.74 Å². The maximum Gasteiger partial charge on any atom is 0.446 e. The van der Waals surface area contributed by atoms with Crippen molar-refractivity contribution in [2.45, 2.75) is 35.6 Å². The molecular weight excluding hydrogens is 425 g/mol. The van der Waals surface area contributed by atoms with Crippen molar-refractivity contribution in [1.29, 1.82) is 0 Å². The molecule has 3 nitrogen and oxygen atoms in total. The molecule has 1 N–H and O–H groups in total. The molecule has 31 heavy (non-hydrogen) atoms. The molecule has 0 aliphatic heterocycles. The minimum atomic E-state index is -4.39. The number of carboxylic acids is 1. The van der Waals surface area contributed by atoms with Crippen LogP contribution in [0.5, 0.6) is 11.5 Å². The zero-order valence-electron chi connectivity index (χ0n) is 16.7. The molecule has 0 saturated carbocycles. The average Bonchev–Trinajstić information content (AvgIpc) is 2.72. The molecule has 1 atom stereocenters. The molecular formula is C24H21F3O3S. The molecule has 0 aliphatic carbocycles. The summed E-state index contributed by atoms with van der Waals surface area (Å²) in [5.41, 5.74) is -4.45. The van der Waals surface area contributed by atoms with Gasteiger partial charge in [-0.2, -0.15) is 13.2 Å². The maximum absolute atomic E-state index is 12.6. The minimum absolute atomic E-state index is 0.0184. The highest BCUT2D eigenvalue weighted by molar-refractivity contribution is 8.00. The van der Waals surface area contributed by atoms with Gasteiger partial charge in [-0.3, -0.25) is 4.79 Å². The number of alkyl halides is 3. The Morgan fingerprint density at radius 2 is 1.58 bits per heavy atom. The highest BCUT2D eigenvalue weighted by Crippen LogP contribution is 2.39. The van der Waals surface area contributed by atoms with E-state index in [1.54, 1.807) is 25.1 Å². The van der Waals surface area contributed by atoms with E-state index in [0.29, 0.717) is 17.1 Å². The number of thioether (sulfide) groups is 1. The number of aliphatic carboxylic acids is 1. The number of hydrogen-bond acceptors (Lipinski definition) is 3. The van der Waals surface area contributed by atoms with Crippen molar-refractivity contribution < 1.29 is 27.8 Å². The first-order valence-corrected chi connectivity index (χ1v) is 10.4. The molecule has 3 aromatic carbocycles. The lowest BCUT2D eigenvalue weighted by atomic mass is 9.73. The Morgan fingerprint density at radius 3 is 2.16 bits per heavy atom. The third-order valence-electron chi connectivity index (χ3n) is 5.04. The number of hydrogen-bond donors (Lipinski definition) is 1. The number of para-hydroxylation sites is 1. The normalized spacial score (nSPS) is 13.4. The van der Waals surface area contributed by atoms with E-state index in [2.05, 4.69) is 0 Å². The highest BCUT2D eigenvalue weighted by atomic mass is 32.2. The summed E-state index contributed by atoms with van der Waals surface area (Å²) in [7, 11) is 0. The summed E-state index contributed by atoms with van der Waals surface area (Å²) in [6.07, 6.45) is 0.453. The van der Waals surface area contributed by atoms with E-state index in [4.69, 9.17) is 4.74 Å². The van der Waals surface area contributed by atoms with E-state index in [9.17, 15) is 23.1 Å². The summed E-state index contributed by atoms with van der Waals surface area (Å²) in [6, 6.07) is 22.0. The van der Waals surface area contributed by atoms with Crippen LogP contribution in [0.25, 0.3) is 0 Å². The fraction of sp³-hybridized carbons (Fsp3) is 0.208. The van der Waals surface area contributed by atoms with Crippen molar-refractivity contribution in [3.05, 3.63) is 90.0 Å². The second-order valence-electron chi connectivity index (χ2n) is 7.05. The number of rotatable bonds is 8. The molecule has 162 valence electrons. The van der Waals surface area contributed by atoms with Gasteiger partial charge in [0.1, 0.15) is 11.5 Å². The maximum atomic E-state index is 12.6. The van der Waals surface area contributed by atoms with Gasteiger partial charge in [-0.05, 0) is 72.1 Å². The summed E-state index contributed by atoms with van der Waals surface area (Å²) < 4.78 is 43.7. The first-order valence-electron chi connectivity index (χ1n) is 9.63. The van der Waals surface area contributed by atoms with Crippen LogP contribution in [0.4, 0.5) is 13.2 Å². The molecule has 3 rings (SSSR count). The van der Waals surface area contributed by atoms with Gasteiger partial charge in [-0.1, -0.05) is 49.4 Å². The molecule has 3 aromatic rings. The Hall–Kier alpha value is -2.93. The van der Waals surface area contributed by atoms with Gasteiger partial charge in [0.15, 0.2) is 0 Å². The minimum Gasteiger partial charge on any atom is -0.481 e. The van der Waals surface area contributed by atoms with Gasteiger partial charge in [0.2, 0.25) is 0 Å². The Balaban J connectivity index is 1.88. The van der Waals surface area contributed by atoms with E-state index in [-0.39, 0.29) is 29.5 Å². The van der Waals surface area contributed by atoms with Gasteiger partial charge in [0.25, 0.3) is 0 Å². The van der Waals surface area contributed by atoms with E-state index in [1.165, 1.54) is 24.3 Å². The van der Waals surface area contributed by atoms with Gasteiger partial charge in [-0.15, -0.1) is 0 Å². The van der Waals surface area contributed by atoms with Gasteiger partial charge in [0, 0.05) is 4.90 Å². The fourth-order valence-corrected chi connectivity index (χ4v) is 3.99. The lowest BCUT2D eigenvalue weighted by Crippen LogP contribution is -2.37. The van der Waals surface area contributed by atoms with Gasteiger partial charge in [0.05, 0.1) is 5.41 Å². The van der Waals surface area contributed by atoms with E-state index in [1.807, 2.05) is 36.4 Å². The molecule has 0 heterocycles. The first-order chi connectivity index (χ1) is 14.7. The van der Waals surface area contributed by atoms with Gasteiger partial charge < -0.3 is 9.84 Å². The summed E-state index contributed by atoms with van der Waals surface area (Å²) in [4.78, 5) is 12.3. The van der Waals surface area contributed by atoms with Crippen molar-refractivity contribution in [3.63, 3.8) is 0 Å². The summed E-state index contributed by atoms with van der Waals surface area (Å²) >= 11 is -0.221. The van der Waals surface area contributed by atoms with Gasteiger partial charge >= 0.3 is 11.5 Å². The van der Waals surface area contributed by atoms with Crippen LogP contribution in [0.2, 0.25) is 0 Å².